The molecule has 0 radical (unpaired) electrons. The average molecular weight is 575 g/mol. The Kier molecular flexibility index (Phi) is 8.63. The number of halogens is 2. The summed E-state index contributed by atoms with van der Waals surface area (Å²) in [5, 5.41) is 3.51. The Balaban J connectivity index is 1.38. The summed E-state index contributed by atoms with van der Waals surface area (Å²) < 4.78 is 54.5. The number of amides is 1. The summed E-state index contributed by atoms with van der Waals surface area (Å²) in [6, 6.07) is 10.8. The summed E-state index contributed by atoms with van der Waals surface area (Å²) in [7, 11) is -7.24. The highest BCUT2D eigenvalue weighted by atomic mass is 35.5. The largest absolute Gasteiger partial charge is 0.326 e. The van der Waals surface area contributed by atoms with E-state index in [1.54, 1.807) is 24.3 Å². The van der Waals surface area contributed by atoms with E-state index in [0.29, 0.717) is 48.7 Å². The predicted molar refractivity (Wildman–Crippen MR) is 141 cm³/mol. The lowest BCUT2D eigenvalue weighted by molar-refractivity contribution is -0.120. The first-order valence-corrected chi connectivity index (χ1v) is 15.7. The van der Waals surface area contributed by atoms with E-state index in [-0.39, 0.29) is 28.1 Å². The highest BCUT2D eigenvalue weighted by Gasteiger charge is 2.33. The number of hydrogen-bond acceptors (Lipinski definition) is 5. The van der Waals surface area contributed by atoms with Gasteiger partial charge in [0.15, 0.2) is 0 Å². The van der Waals surface area contributed by atoms with Crippen LogP contribution in [0.2, 0.25) is 10.0 Å². The fourth-order valence-corrected chi connectivity index (χ4v) is 8.26. The number of carbonyl (C=O) groups excluding carboxylic acids is 1. The maximum atomic E-state index is 13.0. The molecular weight excluding hydrogens is 545 g/mol. The summed E-state index contributed by atoms with van der Waals surface area (Å²) in [6.07, 6.45) is 3.86. The molecule has 0 aromatic heterocycles. The molecule has 2 saturated heterocycles. The van der Waals surface area contributed by atoms with Gasteiger partial charge in [-0.1, -0.05) is 35.7 Å². The van der Waals surface area contributed by atoms with Gasteiger partial charge in [0, 0.05) is 41.9 Å². The molecule has 2 aromatic rings. The van der Waals surface area contributed by atoms with Crippen molar-refractivity contribution in [1.82, 2.24) is 8.61 Å². The fraction of sp³-hybridized carbons (Fsp3) is 0.458. The van der Waals surface area contributed by atoms with Crippen LogP contribution in [0.5, 0.6) is 0 Å². The number of nitrogens with zero attached hydrogens (tertiary/aromatic N) is 2. The Labute approximate surface area is 222 Å². The van der Waals surface area contributed by atoms with Gasteiger partial charge in [0.25, 0.3) is 0 Å². The van der Waals surface area contributed by atoms with E-state index < -0.39 is 26.0 Å². The van der Waals surface area contributed by atoms with Crippen molar-refractivity contribution in [3.05, 3.63) is 58.1 Å². The van der Waals surface area contributed by atoms with Gasteiger partial charge in [-0.3, -0.25) is 4.79 Å². The summed E-state index contributed by atoms with van der Waals surface area (Å²) in [4.78, 5) is 13.1. The van der Waals surface area contributed by atoms with Crippen LogP contribution in [0, 0.1) is 5.92 Å². The van der Waals surface area contributed by atoms with Gasteiger partial charge < -0.3 is 5.32 Å². The zero-order valence-electron chi connectivity index (χ0n) is 19.7. The molecule has 12 heteroatoms. The van der Waals surface area contributed by atoms with Gasteiger partial charge in [0.05, 0.1) is 16.6 Å². The number of sulfonamides is 2. The van der Waals surface area contributed by atoms with Gasteiger partial charge >= 0.3 is 0 Å². The molecule has 2 fully saturated rings. The van der Waals surface area contributed by atoms with Crippen molar-refractivity contribution in [3.63, 3.8) is 0 Å². The van der Waals surface area contributed by atoms with Gasteiger partial charge in [-0.25, -0.2) is 21.1 Å². The molecule has 1 amide bonds. The zero-order valence-corrected chi connectivity index (χ0v) is 22.8. The monoisotopic (exact) mass is 573 g/mol. The SMILES string of the molecule is O=C(Nc1ccc(S(=O)(=O)N2CCCCC2)cc1)[C@@H]1CCCN(S(=O)(=O)Cc2ccc(Cl)cc2Cl)C1. The predicted octanol–water partition coefficient (Wildman–Crippen LogP) is 4.35. The number of rotatable bonds is 7. The fourth-order valence-electron chi connectivity index (χ4n) is 4.54. The number of benzene rings is 2. The molecule has 0 unspecified atom stereocenters. The van der Waals surface area contributed by atoms with Gasteiger partial charge in [0.1, 0.15) is 0 Å². The molecule has 0 saturated carbocycles. The van der Waals surface area contributed by atoms with Crippen LogP contribution < -0.4 is 5.32 Å². The van der Waals surface area contributed by atoms with Crippen molar-refractivity contribution in [3.8, 4) is 0 Å². The second kappa shape index (κ2) is 11.4. The van der Waals surface area contributed by atoms with Gasteiger partial charge in [-0.2, -0.15) is 4.31 Å². The standard InChI is InChI=1S/C24H29Cl2N3O5S2/c25-20-7-6-19(23(26)15-20)17-35(31,32)29-14-4-5-18(16-29)24(30)27-21-8-10-22(11-9-21)36(33,34)28-12-2-1-3-13-28/h6-11,15,18H,1-5,12-14,16-17H2,(H,27,30)/t18-/m1/s1. The minimum atomic E-state index is -3.69. The smallest absolute Gasteiger partial charge is 0.243 e. The molecular formula is C24H29Cl2N3O5S2. The maximum absolute atomic E-state index is 13.0. The summed E-state index contributed by atoms with van der Waals surface area (Å²) in [5.41, 5.74) is 0.915. The third-order valence-corrected chi connectivity index (χ3v) is 10.9. The number of hydrogen-bond donors (Lipinski definition) is 1. The highest BCUT2D eigenvalue weighted by molar-refractivity contribution is 7.89. The van der Waals surface area contributed by atoms with E-state index in [1.165, 1.54) is 26.8 Å². The van der Waals surface area contributed by atoms with Crippen LogP contribution in [-0.2, 0) is 30.6 Å². The van der Waals surface area contributed by atoms with Crippen molar-refractivity contribution in [2.75, 3.05) is 31.5 Å². The molecule has 0 bridgehead atoms. The lowest BCUT2D eigenvalue weighted by Gasteiger charge is -2.31. The second-order valence-electron chi connectivity index (χ2n) is 9.17. The molecule has 36 heavy (non-hydrogen) atoms. The van der Waals surface area contributed by atoms with Gasteiger partial charge in [0.2, 0.25) is 26.0 Å². The average Bonchev–Trinajstić information content (AvgIpc) is 2.87. The Morgan fingerprint density at radius 2 is 1.56 bits per heavy atom. The number of piperidine rings is 2. The molecule has 2 heterocycles. The van der Waals surface area contributed by atoms with Crippen LogP contribution in [-0.4, -0.2) is 57.5 Å². The Morgan fingerprint density at radius 1 is 0.889 bits per heavy atom. The molecule has 196 valence electrons. The first-order valence-electron chi connectivity index (χ1n) is 11.9. The van der Waals surface area contributed by atoms with Gasteiger partial charge in [-0.05, 0) is 67.6 Å². The van der Waals surface area contributed by atoms with Crippen molar-refractivity contribution < 1.29 is 21.6 Å². The molecule has 1 N–H and O–H groups in total. The molecule has 1 atom stereocenters. The zero-order chi connectivity index (χ0) is 25.9. The minimum absolute atomic E-state index is 0.0702. The maximum Gasteiger partial charge on any atom is 0.243 e. The molecule has 0 aliphatic carbocycles. The van der Waals surface area contributed by atoms with E-state index in [2.05, 4.69) is 5.32 Å². The summed E-state index contributed by atoms with van der Waals surface area (Å²) >= 11 is 12.1. The second-order valence-corrected chi connectivity index (χ2v) is 13.9. The molecule has 2 aliphatic rings. The van der Waals surface area contributed by atoms with E-state index in [4.69, 9.17) is 23.2 Å². The van der Waals surface area contributed by atoms with Crippen molar-refractivity contribution in [1.29, 1.82) is 0 Å². The molecule has 2 aliphatic heterocycles. The van der Waals surface area contributed by atoms with Crippen molar-refractivity contribution in [2.45, 2.75) is 42.8 Å². The normalized spacial score (nSPS) is 20.2. The van der Waals surface area contributed by atoms with Crippen LogP contribution in [0.25, 0.3) is 0 Å². The molecule has 0 spiro atoms. The topological polar surface area (TPSA) is 104 Å². The molecule has 2 aromatic carbocycles. The van der Waals surface area contributed by atoms with E-state index in [0.717, 1.165) is 19.3 Å². The number of nitrogens with one attached hydrogen (secondary N) is 1. The van der Waals surface area contributed by atoms with Crippen LogP contribution in [0.1, 0.15) is 37.7 Å². The first kappa shape index (κ1) is 27.3. The van der Waals surface area contributed by atoms with Crippen LogP contribution in [0.15, 0.2) is 47.4 Å². The van der Waals surface area contributed by atoms with Crippen molar-refractivity contribution in [2.24, 2.45) is 5.92 Å². The van der Waals surface area contributed by atoms with E-state index in [1.807, 2.05) is 0 Å². The quantitative estimate of drug-likeness (QED) is 0.530. The minimum Gasteiger partial charge on any atom is -0.326 e. The van der Waals surface area contributed by atoms with Gasteiger partial charge in [-0.15, -0.1) is 0 Å². The lowest BCUT2D eigenvalue weighted by atomic mass is 9.99. The number of anilines is 1. The first-order chi connectivity index (χ1) is 17.1. The van der Waals surface area contributed by atoms with Crippen LogP contribution in [0.4, 0.5) is 5.69 Å². The van der Waals surface area contributed by atoms with Crippen LogP contribution in [0.3, 0.4) is 0 Å². The highest BCUT2D eigenvalue weighted by Crippen LogP contribution is 2.27. The van der Waals surface area contributed by atoms with E-state index in [9.17, 15) is 21.6 Å². The van der Waals surface area contributed by atoms with Crippen molar-refractivity contribution >= 4 is 54.8 Å². The molecule has 4 rings (SSSR count). The Hall–Kier alpha value is -1.69. The Bertz CT molecular complexity index is 1310. The van der Waals surface area contributed by atoms with E-state index >= 15 is 0 Å². The number of carbonyl (C=O) groups is 1. The summed E-state index contributed by atoms with van der Waals surface area (Å²) in [5.74, 6) is -1.10. The lowest BCUT2D eigenvalue weighted by Crippen LogP contribution is -2.44. The third-order valence-electron chi connectivity index (χ3n) is 6.58. The third kappa shape index (κ3) is 6.41. The van der Waals surface area contributed by atoms with Crippen LogP contribution >= 0.6 is 23.2 Å². The summed E-state index contributed by atoms with van der Waals surface area (Å²) in [6.45, 7) is 1.44. The molecule has 8 nitrogen and oxygen atoms in total. The Morgan fingerprint density at radius 3 is 2.22 bits per heavy atom.